The second-order valence-electron chi connectivity index (χ2n) is 4.80. The lowest BCUT2D eigenvalue weighted by molar-refractivity contribution is 0.0950. The first-order valence-corrected chi connectivity index (χ1v) is 6.71. The topological polar surface area (TPSA) is 68.0 Å². The van der Waals surface area contributed by atoms with Crippen LogP contribution in [0.1, 0.15) is 16.1 Å². The van der Waals surface area contributed by atoms with Gasteiger partial charge in [0.25, 0.3) is 5.91 Å². The number of fused-ring (bicyclic) bond motifs is 1. The highest BCUT2D eigenvalue weighted by Crippen LogP contribution is 2.12. The van der Waals surface area contributed by atoms with Crippen LogP contribution in [0.2, 0.25) is 0 Å². The Morgan fingerprint density at radius 3 is 2.57 bits per heavy atom. The van der Waals surface area contributed by atoms with Gasteiger partial charge in [0.2, 0.25) is 0 Å². The van der Waals surface area contributed by atoms with E-state index >= 15 is 0 Å². The maximum atomic E-state index is 12.0. The SMILES string of the molecule is Nc1ccc(C(=O)NCc2ccc3ccccc3n2)cc1. The maximum absolute atomic E-state index is 12.0. The molecule has 104 valence electrons. The second kappa shape index (κ2) is 5.63. The number of nitrogen functional groups attached to an aromatic ring is 1. The fraction of sp³-hybridized carbons (Fsp3) is 0.0588. The molecule has 1 heterocycles. The minimum absolute atomic E-state index is 0.134. The van der Waals surface area contributed by atoms with E-state index in [1.807, 2.05) is 36.4 Å². The van der Waals surface area contributed by atoms with Crippen LogP contribution in [-0.4, -0.2) is 10.9 Å². The molecule has 0 aliphatic carbocycles. The minimum Gasteiger partial charge on any atom is -0.399 e. The molecule has 0 aliphatic heterocycles. The van der Waals surface area contributed by atoms with Gasteiger partial charge in [-0.05, 0) is 36.4 Å². The molecule has 0 radical (unpaired) electrons. The number of nitrogens with zero attached hydrogens (tertiary/aromatic N) is 1. The Balaban J connectivity index is 1.71. The van der Waals surface area contributed by atoms with Crippen molar-refractivity contribution in [3.8, 4) is 0 Å². The van der Waals surface area contributed by atoms with Gasteiger partial charge in [-0.3, -0.25) is 9.78 Å². The van der Waals surface area contributed by atoms with Crippen LogP contribution in [0.15, 0.2) is 60.7 Å². The zero-order chi connectivity index (χ0) is 14.7. The Labute approximate surface area is 122 Å². The van der Waals surface area contributed by atoms with Crippen LogP contribution >= 0.6 is 0 Å². The van der Waals surface area contributed by atoms with Crippen LogP contribution in [0, 0.1) is 0 Å². The highest BCUT2D eigenvalue weighted by molar-refractivity contribution is 5.94. The molecule has 0 saturated heterocycles. The number of aromatic nitrogens is 1. The largest absolute Gasteiger partial charge is 0.399 e. The van der Waals surface area contributed by atoms with Crippen molar-refractivity contribution in [3.05, 3.63) is 71.9 Å². The molecule has 0 spiro atoms. The number of benzene rings is 2. The number of pyridine rings is 1. The van der Waals surface area contributed by atoms with E-state index in [0.717, 1.165) is 16.6 Å². The number of carbonyl (C=O) groups is 1. The summed E-state index contributed by atoms with van der Waals surface area (Å²) in [5, 5.41) is 3.95. The highest BCUT2D eigenvalue weighted by Gasteiger charge is 2.05. The van der Waals surface area contributed by atoms with Crippen molar-refractivity contribution in [2.24, 2.45) is 0 Å². The fourth-order valence-electron chi connectivity index (χ4n) is 2.11. The predicted molar refractivity (Wildman–Crippen MR) is 83.8 cm³/mol. The molecule has 3 N–H and O–H groups in total. The average Bonchev–Trinajstić information content (AvgIpc) is 2.53. The fourth-order valence-corrected chi connectivity index (χ4v) is 2.11. The van der Waals surface area contributed by atoms with Gasteiger partial charge in [-0.1, -0.05) is 24.3 Å². The molecule has 0 saturated carbocycles. The van der Waals surface area contributed by atoms with Crippen LogP contribution in [0.5, 0.6) is 0 Å². The molecule has 0 fully saturated rings. The first-order valence-electron chi connectivity index (χ1n) is 6.71. The van der Waals surface area contributed by atoms with Crippen LogP contribution < -0.4 is 11.1 Å². The van der Waals surface area contributed by atoms with Crippen LogP contribution in [0.25, 0.3) is 10.9 Å². The third-order valence-electron chi connectivity index (χ3n) is 3.26. The first kappa shape index (κ1) is 13.1. The summed E-state index contributed by atoms with van der Waals surface area (Å²) in [6.07, 6.45) is 0. The van der Waals surface area contributed by atoms with Crippen molar-refractivity contribution < 1.29 is 4.79 Å². The number of amides is 1. The van der Waals surface area contributed by atoms with Gasteiger partial charge in [0.05, 0.1) is 17.8 Å². The molecule has 3 rings (SSSR count). The normalized spacial score (nSPS) is 10.5. The van der Waals surface area contributed by atoms with E-state index in [1.165, 1.54) is 0 Å². The first-order chi connectivity index (χ1) is 10.2. The van der Waals surface area contributed by atoms with Crippen LogP contribution in [-0.2, 0) is 6.54 Å². The van der Waals surface area contributed by atoms with Gasteiger partial charge < -0.3 is 11.1 Å². The van der Waals surface area contributed by atoms with E-state index in [0.29, 0.717) is 17.8 Å². The van der Waals surface area contributed by atoms with E-state index in [-0.39, 0.29) is 5.91 Å². The standard InChI is InChI=1S/C17H15N3O/c18-14-8-5-13(6-9-14)17(21)19-11-15-10-7-12-3-1-2-4-16(12)20-15/h1-10H,11,18H2,(H,19,21). The number of nitrogens with two attached hydrogens (primary N) is 1. The number of anilines is 1. The van der Waals surface area contributed by atoms with Gasteiger partial charge in [0.15, 0.2) is 0 Å². The van der Waals surface area contributed by atoms with Gasteiger partial charge >= 0.3 is 0 Å². The number of nitrogens with one attached hydrogen (secondary N) is 1. The molecule has 0 aliphatic rings. The maximum Gasteiger partial charge on any atom is 0.251 e. The molecule has 3 aromatic rings. The van der Waals surface area contributed by atoms with Crippen LogP contribution in [0.4, 0.5) is 5.69 Å². The lowest BCUT2D eigenvalue weighted by Crippen LogP contribution is -2.23. The summed E-state index contributed by atoms with van der Waals surface area (Å²) in [7, 11) is 0. The lowest BCUT2D eigenvalue weighted by Gasteiger charge is -2.06. The highest BCUT2D eigenvalue weighted by atomic mass is 16.1. The van der Waals surface area contributed by atoms with E-state index in [2.05, 4.69) is 10.3 Å². The van der Waals surface area contributed by atoms with E-state index in [9.17, 15) is 4.79 Å². The Kier molecular flexibility index (Phi) is 3.51. The number of carbonyl (C=O) groups excluding carboxylic acids is 1. The molecule has 0 unspecified atom stereocenters. The molecule has 0 bridgehead atoms. The Morgan fingerprint density at radius 1 is 1.00 bits per heavy atom. The van der Waals surface area contributed by atoms with Crippen molar-refractivity contribution >= 4 is 22.5 Å². The minimum atomic E-state index is -0.134. The summed E-state index contributed by atoms with van der Waals surface area (Å²) in [6.45, 7) is 0.397. The number of rotatable bonds is 3. The van der Waals surface area contributed by atoms with Gasteiger partial charge in [-0.15, -0.1) is 0 Å². The van der Waals surface area contributed by atoms with Crippen LogP contribution in [0.3, 0.4) is 0 Å². The number of hydrogen-bond acceptors (Lipinski definition) is 3. The van der Waals surface area contributed by atoms with Crippen molar-refractivity contribution in [1.82, 2.24) is 10.3 Å². The van der Waals surface area contributed by atoms with Crippen molar-refractivity contribution in [2.75, 3.05) is 5.73 Å². The summed E-state index contributed by atoms with van der Waals surface area (Å²) >= 11 is 0. The molecule has 1 amide bonds. The Hall–Kier alpha value is -2.88. The second-order valence-corrected chi connectivity index (χ2v) is 4.80. The van der Waals surface area contributed by atoms with E-state index in [1.54, 1.807) is 24.3 Å². The zero-order valence-corrected chi connectivity index (χ0v) is 11.4. The molecule has 21 heavy (non-hydrogen) atoms. The van der Waals surface area contributed by atoms with E-state index < -0.39 is 0 Å². The third kappa shape index (κ3) is 3.00. The van der Waals surface area contributed by atoms with Crippen molar-refractivity contribution in [3.63, 3.8) is 0 Å². The monoisotopic (exact) mass is 277 g/mol. The molecule has 4 nitrogen and oxygen atoms in total. The van der Waals surface area contributed by atoms with Gasteiger partial charge in [-0.2, -0.15) is 0 Å². The van der Waals surface area contributed by atoms with Gasteiger partial charge in [-0.25, -0.2) is 0 Å². The summed E-state index contributed by atoms with van der Waals surface area (Å²) in [4.78, 5) is 16.5. The molecule has 4 heteroatoms. The van der Waals surface area contributed by atoms with Gasteiger partial charge in [0, 0.05) is 16.6 Å². The molecular formula is C17H15N3O. The smallest absolute Gasteiger partial charge is 0.251 e. The molecule has 2 aromatic carbocycles. The number of hydrogen-bond donors (Lipinski definition) is 2. The predicted octanol–water partition coefficient (Wildman–Crippen LogP) is 2.75. The zero-order valence-electron chi connectivity index (χ0n) is 11.4. The summed E-state index contributed by atoms with van der Waals surface area (Å²) in [5.41, 5.74) is 8.59. The quantitative estimate of drug-likeness (QED) is 0.723. The summed E-state index contributed by atoms with van der Waals surface area (Å²) in [5.74, 6) is -0.134. The van der Waals surface area contributed by atoms with Crippen molar-refractivity contribution in [1.29, 1.82) is 0 Å². The average molecular weight is 277 g/mol. The summed E-state index contributed by atoms with van der Waals surface area (Å²) < 4.78 is 0. The lowest BCUT2D eigenvalue weighted by atomic mass is 10.2. The molecular weight excluding hydrogens is 262 g/mol. The van der Waals surface area contributed by atoms with Gasteiger partial charge in [0.1, 0.15) is 0 Å². The Bertz CT molecular complexity index is 781. The molecule has 0 atom stereocenters. The van der Waals surface area contributed by atoms with E-state index in [4.69, 9.17) is 5.73 Å². The third-order valence-corrected chi connectivity index (χ3v) is 3.26. The van der Waals surface area contributed by atoms with Crippen molar-refractivity contribution in [2.45, 2.75) is 6.54 Å². The summed E-state index contributed by atoms with van der Waals surface area (Å²) in [6, 6.07) is 18.7. The Morgan fingerprint density at radius 2 is 1.76 bits per heavy atom. The molecule has 1 aromatic heterocycles. The number of para-hydroxylation sites is 1.